The molecule has 2 heterocycles. The molecular formula is C10H12F3N3O2S2. The number of anilines is 1. The van der Waals surface area contributed by atoms with Gasteiger partial charge in [0, 0.05) is 18.7 Å². The molecule has 0 radical (unpaired) electrons. The Morgan fingerprint density at radius 2 is 2.10 bits per heavy atom. The number of hydrogen-bond acceptors (Lipinski definition) is 5. The van der Waals surface area contributed by atoms with Crippen molar-refractivity contribution in [2.45, 2.75) is 23.7 Å². The third-order valence-corrected chi connectivity index (χ3v) is 6.32. The fourth-order valence-electron chi connectivity index (χ4n) is 1.89. The SMILES string of the molecule is Cc1nc(N)sc1S(=O)(=O)N1CC=C(C(F)(F)F)CC1. The van der Waals surface area contributed by atoms with Crippen LogP contribution in [0.15, 0.2) is 15.9 Å². The average Bonchev–Trinajstić information content (AvgIpc) is 2.68. The van der Waals surface area contributed by atoms with Crippen LogP contribution in [0.5, 0.6) is 0 Å². The zero-order valence-electron chi connectivity index (χ0n) is 10.4. The minimum Gasteiger partial charge on any atom is -0.375 e. The number of thiazole rings is 1. The summed E-state index contributed by atoms with van der Waals surface area (Å²) in [5.41, 5.74) is 5.02. The van der Waals surface area contributed by atoms with Gasteiger partial charge >= 0.3 is 6.18 Å². The van der Waals surface area contributed by atoms with Crippen LogP contribution in [-0.4, -0.2) is 37.0 Å². The summed E-state index contributed by atoms with van der Waals surface area (Å²) in [7, 11) is -3.84. The number of nitrogen functional groups attached to an aromatic ring is 1. The molecule has 0 aliphatic carbocycles. The summed E-state index contributed by atoms with van der Waals surface area (Å²) >= 11 is 0.815. The smallest absolute Gasteiger partial charge is 0.375 e. The normalized spacial score (nSPS) is 18.1. The first-order chi connectivity index (χ1) is 9.12. The summed E-state index contributed by atoms with van der Waals surface area (Å²) in [5, 5.41) is 0.115. The maximum Gasteiger partial charge on any atom is 0.412 e. The molecule has 10 heteroatoms. The molecule has 1 aliphatic rings. The van der Waals surface area contributed by atoms with Gasteiger partial charge in [-0.15, -0.1) is 0 Å². The molecule has 0 atom stereocenters. The molecule has 2 rings (SSSR count). The van der Waals surface area contributed by atoms with E-state index in [4.69, 9.17) is 5.73 Å². The fourth-order valence-corrected chi connectivity index (χ4v) is 4.70. The van der Waals surface area contributed by atoms with Gasteiger partial charge in [0.1, 0.15) is 0 Å². The molecule has 0 unspecified atom stereocenters. The first-order valence-electron chi connectivity index (χ1n) is 5.61. The van der Waals surface area contributed by atoms with E-state index in [9.17, 15) is 21.6 Å². The summed E-state index contributed by atoms with van der Waals surface area (Å²) in [6, 6.07) is 0. The minimum absolute atomic E-state index is 0.0149. The van der Waals surface area contributed by atoms with Crippen LogP contribution in [-0.2, 0) is 10.0 Å². The highest BCUT2D eigenvalue weighted by Gasteiger charge is 2.38. The second-order valence-electron chi connectivity index (χ2n) is 4.27. The zero-order chi connectivity index (χ0) is 15.1. The van der Waals surface area contributed by atoms with Crippen LogP contribution < -0.4 is 5.73 Å². The van der Waals surface area contributed by atoms with Crippen LogP contribution in [0, 0.1) is 6.92 Å². The van der Waals surface area contributed by atoms with Crippen LogP contribution in [0.25, 0.3) is 0 Å². The summed E-state index contributed by atoms with van der Waals surface area (Å²) in [4.78, 5) is 3.82. The van der Waals surface area contributed by atoms with Crippen molar-refractivity contribution in [3.05, 3.63) is 17.3 Å². The molecule has 112 valence electrons. The van der Waals surface area contributed by atoms with Crippen molar-refractivity contribution < 1.29 is 21.6 Å². The number of rotatable bonds is 2. The maximum absolute atomic E-state index is 12.5. The summed E-state index contributed by atoms with van der Waals surface area (Å²) < 4.78 is 63.1. The molecule has 0 fully saturated rings. The van der Waals surface area contributed by atoms with Gasteiger partial charge in [-0.25, -0.2) is 13.4 Å². The molecule has 0 aromatic carbocycles. The zero-order valence-corrected chi connectivity index (χ0v) is 12.1. The molecule has 2 N–H and O–H groups in total. The molecule has 5 nitrogen and oxygen atoms in total. The van der Waals surface area contributed by atoms with Gasteiger partial charge in [-0.3, -0.25) is 0 Å². The summed E-state index contributed by atoms with van der Waals surface area (Å²) in [5.74, 6) is 0. The Bertz CT molecular complexity index is 649. The van der Waals surface area contributed by atoms with Crippen molar-refractivity contribution in [1.29, 1.82) is 0 Å². The van der Waals surface area contributed by atoms with Crippen molar-refractivity contribution in [2.75, 3.05) is 18.8 Å². The van der Waals surface area contributed by atoms with Gasteiger partial charge < -0.3 is 5.73 Å². The van der Waals surface area contributed by atoms with Gasteiger partial charge in [0.05, 0.1) is 5.69 Å². The quantitative estimate of drug-likeness (QED) is 0.842. The Labute approximate surface area is 118 Å². The number of sulfonamides is 1. The average molecular weight is 327 g/mol. The van der Waals surface area contributed by atoms with E-state index in [0.717, 1.165) is 21.7 Å². The van der Waals surface area contributed by atoms with Crippen molar-refractivity contribution in [3.63, 3.8) is 0 Å². The summed E-state index contributed by atoms with van der Waals surface area (Å²) in [6.07, 6.45) is -3.85. The van der Waals surface area contributed by atoms with Gasteiger partial charge in [-0.2, -0.15) is 17.5 Å². The molecule has 0 spiro atoms. The van der Waals surface area contributed by atoms with E-state index in [1.807, 2.05) is 0 Å². The van der Waals surface area contributed by atoms with Crippen molar-refractivity contribution in [2.24, 2.45) is 0 Å². The fraction of sp³-hybridized carbons (Fsp3) is 0.500. The number of aryl methyl sites for hydroxylation is 1. The van der Waals surface area contributed by atoms with Gasteiger partial charge in [0.25, 0.3) is 10.0 Å². The number of aromatic nitrogens is 1. The highest BCUT2D eigenvalue weighted by Crippen LogP contribution is 2.33. The van der Waals surface area contributed by atoms with Crippen LogP contribution in [0.2, 0.25) is 0 Å². The summed E-state index contributed by atoms with van der Waals surface area (Å²) in [6.45, 7) is 1.00. The Kier molecular flexibility index (Phi) is 3.82. The van der Waals surface area contributed by atoms with Crippen molar-refractivity contribution in [3.8, 4) is 0 Å². The van der Waals surface area contributed by atoms with Crippen LogP contribution in [0.4, 0.5) is 18.3 Å². The predicted molar refractivity (Wildman–Crippen MR) is 68.8 cm³/mol. The van der Waals surface area contributed by atoms with E-state index in [2.05, 4.69) is 4.98 Å². The van der Waals surface area contributed by atoms with Crippen LogP contribution >= 0.6 is 11.3 Å². The standard InChI is InChI=1S/C10H12F3N3O2S2/c1-6-8(19-9(14)15-6)20(17,18)16-4-2-7(3-5-16)10(11,12)13/h2H,3-5H2,1H3,(H2,14,15). The molecule has 20 heavy (non-hydrogen) atoms. The lowest BCUT2D eigenvalue weighted by atomic mass is 10.1. The molecule has 0 bridgehead atoms. The molecule has 0 saturated carbocycles. The van der Waals surface area contributed by atoms with Gasteiger partial charge in [-0.05, 0) is 13.3 Å². The van der Waals surface area contributed by atoms with E-state index < -0.39 is 21.8 Å². The van der Waals surface area contributed by atoms with E-state index in [1.54, 1.807) is 0 Å². The molecule has 1 aromatic rings. The topological polar surface area (TPSA) is 76.3 Å². The van der Waals surface area contributed by atoms with Gasteiger partial charge in [0.15, 0.2) is 9.34 Å². The Morgan fingerprint density at radius 3 is 2.50 bits per heavy atom. The van der Waals surface area contributed by atoms with Crippen molar-refractivity contribution >= 4 is 26.5 Å². The first-order valence-corrected chi connectivity index (χ1v) is 7.87. The lowest BCUT2D eigenvalue weighted by Crippen LogP contribution is -2.36. The second-order valence-corrected chi connectivity index (χ2v) is 7.43. The van der Waals surface area contributed by atoms with Crippen LogP contribution in [0.1, 0.15) is 12.1 Å². The van der Waals surface area contributed by atoms with Crippen LogP contribution in [0.3, 0.4) is 0 Å². The Balaban J connectivity index is 2.26. The lowest BCUT2D eigenvalue weighted by molar-refractivity contribution is -0.0953. The molecular weight excluding hydrogens is 315 g/mol. The monoisotopic (exact) mass is 327 g/mol. The van der Waals surface area contributed by atoms with E-state index in [-0.39, 0.29) is 34.5 Å². The Morgan fingerprint density at radius 1 is 1.45 bits per heavy atom. The predicted octanol–water partition coefficient (Wildman–Crippen LogP) is 1.92. The lowest BCUT2D eigenvalue weighted by Gasteiger charge is -2.26. The molecule has 0 amide bonds. The van der Waals surface area contributed by atoms with Gasteiger partial charge in [0.2, 0.25) is 0 Å². The molecule has 1 aliphatic heterocycles. The highest BCUT2D eigenvalue weighted by atomic mass is 32.2. The molecule has 1 aromatic heterocycles. The van der Waals surface area contributed by atoms with Gasteiger partial charge in [-0.1, -0.05) is 17.4 Å². The first kappa shape index (κ1) is 15.3. The minimum atomic E-state index is -4.40. The third-order valence-electron chi connectivity index (χ3n) is 2.88. The van der Waals surface area contributed by atoms with E-state index in [1.165, 1.54) is 6.92 Å². The largest absolute Gasteiger partial charge is 0.412 e. The number of hydrogen-bond donors (Lipinski definition) is 1. The van der Waals surface area contributed by atoms with Crippen molar-refractivity contribution in [1.82, 2.24) is 9.29 Å². The molecule has 0 saturated heterocycles. The highest BCUT2D eigenvalue weighted by molar-refractivity contribution is 7.91. The number of halogens is 3. The second kappa shape index (κ2) is 5.01. The van der Waals surface area contributed by atoms with E-state index in [0.29, 0.717) is 0 Å². The maximum atomic E-state index is 12.5. The third kappa shape index (κ3) is 2.81. The number of nitrogens with zero attached hydrogens (tertiary/aromatic N) is 2. The van der Waals surface area contributed by atoms with E-state index >= 15 is 0 Å². The number of nitrogens with two attached hydrogens (primary N) is 1. The Hall–Kier alpha value is -1.13. The number of alkyl halides is 3.